The molecule has 86 valence electrons. The molecule has 1 fully saturated rings. The number of aromatic nitrogens is 3. The lowest BCUT2D eigenvalue weighted by molar-refractivity contribution is -0.141. The molecule has 0 bridgehead atoms. The fourth-order valence-electron chi connectivity index (χ4n) is 1.71. The summed E-state index contributed by atoms with van der Waals surface area (Å²) in [5.74, 6) is -1.38. The van der Waals surface area contributed by atoms with Crippen LogP contribution in [-0.2, 0) is 9.59 Å². The van der Waals surface area contributed by atoms with Crippen molar-refractivity contribution in [1.29, 1.82) is 0 Å². The Bertz CT molecular complexity index is 563. The van der Waals surface area contributed by atoms with Gasteiger partial charge in [0.15, 0.2) is 0 Å². The van der Waals surface area contributed by atoms with Gasteiger partial charge in [-0.2, -0.15) is 15.4 Å². The Balaban J connectivity index is 1.87. The predicted molar refractivity (Wildman–Crippen MR) is 58.3 cm³/mol. The van der Waals surface area contributed by atoms with Crippen molar-refractivity contribution >= 4 is 29.7 Å². The summed E-state index contributed by atoms with van der Waals surface area (Å²) in [6.07, 6.45) is 3.10. The van der Waals surface area contributed by atoms with Gasteiger partial charge in [-0.25, -0.2) is 4.79 Å². The van der Waals surface area contributed by atoms with Crippen LogP contribution in [0.2, 0.25) is 0 Å². The number of nitrogens with one attached hydrogen (secondary N) is 1. The van der Waals surface area contributed by atoms with E-state index in [9.17, 15) is 9.59 Å². The lowest BCUT2D eigenvalue weighted by Gasteiger charge is -2.36. The number of rotatable bonds is 2. The zero-order chi connectivity index (χ0) is 12.0. The van der Waals surface area contributed by atoms with Crippen LogP contribution in [0.15, 0.2) is 22.9 Å². The average Bonchev–Trinajstić information content (AvgIpc) is 2.93. The van der Waals surface area contributed by atoms with Crippen molar-refractivity contribution in [1.82, 2.24) is 20.3 Å². The first-order valence-corrected chi connectivity index (χ1v) is 5.62. The lowest BCUT2D eigenvalue weighted by Crippen LogP contribution is -2.51. The van der Waals surface area contributed by atoms with E-state index in [2.05, 4.69) is 15.4 Å². The summed E-state index contributed by atoms with van der Waals surface area (Å²) in [4.78, 5) is 23.9. The van der Waals surface area contributed by atoms with E-state index < -0.39 is 5.97 Å². The van der Waals surface area contributed by atoms with E-state index in [4.69, 9.17) is 5.11 Å². The zero-order valence-corrected chi connectivity index (χ0v) is 9.14. The Morgan fingerprint density at radius 1 is 1.65 bits per heavy atom. The number of hydrogen-bond donors (Lipinski definition) is 2. The summed E-state index contributed by atoms with van der Waals surface area (Å²) in [7, 11) is 0. The van der Waals surface area contributed by atoms with Crippen molar-refractivity contribution < 1.29 is 14.7 Å². The molecular weight excluding hydrogens is 244 g/mol. The standard InChI is InChI=1S/C9H6N4O3S/c14-7-5(1-4-2-10-12-11-4)8-13(7)6(3-17-8)9(15)16/h1-3,8H,(H,15,16)(H,10,11,12)/b5-1+/t8-/m1/s1. The molecule has 2 aliphatic heterocycles. The van der Waals surface area contributed by atoms with E-state index in [1.807, 2.05) is 0 Å². The number of amides is 1. The highest BCUT2D eigenvalue weighted by Gasteiger charge is 2.49. The van der Waals surface area contributed by atoms with Crippen LogP contribution in [0.3, 0.4) is 0 Å². The smallest absolute Gasteiger partial charge is 0.353 e. The minimum Gasteiger partial charge on any atom is -0.477 e. The van der Waals surface area contributed by atoms with Crippen LogP contribution in [-0.4, -0.2) is 42.7 Å². The number of carboxylic acid groups (broad SMARTS) is 1. The van der Waals surface area contributed by atoms with Crippen molar-refractivity contribution in [3.8, 4) is 0 Å². The second-order valence-electron chi connectivity index (χ2n) is 3.47. The Labute approximate surface area is 99.2 Å². The zero-order valence-electron chi connectivity index (χ0n) is 8.32. The largest absolute Gasteiger partial charge is 0.477 e. The first-order valence-electron chi connectivity index (χ1n) is 4.68. The quantitative estimate of drug-likeness (QED) is 0.567. The van der Waals surface area contributed by atoms with Gasteiger partial charge in [0.2, 0.25) is 0 Å². The molecule has 3 rings (SSSR count). The first-order chi connectivity index (χ1) is 8.18. The second kappa shape index (κ2) is 3.45. The van der Waals surface area contributed by atoms with E-state index >= 15 is 0 Å². The van der Waals surface area contributed by atoms with E-state index in [0.717, 1.165) is 0 Å². The molecule has 0 aromatic carbocycles. The number of aromatic amines is 1. The minimum atomic E-state index is -1.09. The third-order valence-electron chi connectivity index (χ3n) is 2.49. The molecule has 0 unspecified atom stereocenters. The Kier molecular flexibility index (Phi) is 2.05. The number of thioether (sulfide) groups is 1. The van der Waals surface area contributed by atoms with Gasteiger partial charge in [0.1, 0.15) is 16.8 Å². The molecule has 0 radical (unpaired) electrons. The summed E-state index contributed by atoms with van der Waals surface area (Å²) in [6, 6.07) is 0. The monoisotopic (exact) mass is 250 g/mol. The first kappa shape index (κ1) is 10.1. The average molecular weight is 250 g/mol. The number of carbonyl (C=O) groups is 2. The second-order valence-corrected chi connectivity index (χ2v) is 4.42. The third kappa shape index (κ3) is 1.37. The summed E-state index contributed by atoms with van der Waals surface area (Å²) in [5.41, 5.74) is 1.12. The highest BCUT2D eigenvalue weighted by molar-refractivity contribution is 8.03. The number of carbonyl (C=O) groups excluding carboxylic acids is 1. The maximum Gasteiger partial charge on any atom is 0.353 e. The van der Waals surface area contributed by atoms with Crippen LogP contribution in [0, 0.1) is 0 Å². The Morgan fingerprint density at radius 2 is 2.47 bits per heavy atom. The van der Waals surface area contributed by atoms with Crippen molar-refractivity contribution in [3.63, 3.8) is 0 Å². The van der Waals surface area contributed by atoms with Gasteiger partial charge in [0.25, 0.3) is 5.91 Å². The molecule has 0 saturated carbocycles. The van der Waals surface area contributed by atoms with Gasteiger partial charge < -0.3 is 5.11 Å². The van der Waals surface area contributed by atoms with Gasteiger partial charge in [-0.3, -0.25) is 9.69 Å². The maximum absolute atomic E-state index is 11.8. The minimum absolute atomic E-state index is 0.0299. The summed E-state index contributed by atoms with van der Waals surface area (Å²) < 4.78 is 0. The molecule has 1 aromatic rings. The molecule has 8 heteroatoms. The fourth-order valence-corrected chi connectivity index (χ4v) is 2.82. The van der Waals surface area contributed by atoms with Crippen LogP contribution in [0.25, 0.3) is 6.08 Å². The third-order valence-corrected chi connectivity index (χ3v) is 3.57. The molecule has 0 aliphatic carbocycles. The molecule has 0 spiro atoms. The van der Waals surface area contributed by atoms with Gasteiger partial charge in [-0.15, -0.1) is 11.8 Å². The molecule has 1 aromatic heterocycles. The normalized spacial score (nSPS) is 24.6. The van der Waals surface area contributed by atoms with E-state index in [-0.39, 0.29) is 17.0 Å². The predicted octanol–water partition coefficient (Wildman–Crippen LogP) is 0.0292. The molecule has 2 aliphatic rings. The van der Waals surface area contributed by atoms with Crippen LogP contribution >= 0.6 is 11.8 Å². The van der Waals surface area contributed by atoms with Crippen molar-refractivity contribution in [2.24, 2.45) is 0 Å². The number of nitrogens with zero attached hydrogens (tertiary/aromatic N) is 3. The van der Waals surface area contributed by atoms with E-state index in [1.165, 1.54) is 28.3 Å². The van der Waals surface area contributed by atoms with Gasteiger partial charge in [-0.05, 0) is 6.08 Å². The van der Waals surface area contributed by atoms with Gasteiger partial charge in [-0.1, -0.05) is 0 Å². The van der Waals surface area contributed by atoms with Crippen molar-refractivity contribution in [2.75, 3.05) is 0 Å². The molecule has 1 atom stereocenters. The molecule has 7 nitrogen and oxygen atoms in total. The topological polar surface area (TPSA) is 99.2 Å². The fraction of sp³-hybridized carbons (Fsp3) is 0.111. The van der Waals surface area contributed by atoms with Crippen LogP contribution in [0.5, 0.6) is 0 Å². The Hall–Kier alpha value is -2.09. The molecule has 1 saturated heterocycles. The molecule has 17 heavy (non-hydrogen) atoms. The molecular formula is C9H6N4O3S. The van der Waals surface area contributed by atoms with Crippen LogP contribution in [0.1, 0.15) is 5.69 Å². The number of aliphatic carboxylic acids is 1. The van der Waals surface area contributed by atoms with Crippen molar-refractivity contribution in [3.05, 3.63) is 28.6 Å². The highest BCUT2D eigenvalue weighted by atomic mass is 32.2. The molecule has 3 heterocycles. The number of β-lactam (4-membered cyclic amide) rings is 1. The lowest BCUT2D eigenvalue weighted by atomic mass is 10.0. The number of H-pyrrole nitrogens is 1. The van der Waals surface area contributed by atoms with Gasteiger partial charge in [0, 0.05) is 5.41 Å². The van der Waals surface area contributed by atoms with Gasteiger partial charge in [0.05, 0.1) is 11.8 Å². The summed E-state index contributed by atoms with van der Waals surface area (Å²) in [6.45, 7) is 0. The molecule has 2 N–H and O–H groups in total. The Morgan fingerprint density at radius 3 is 3.12 bits per heavy atom. The number of fused-ring (bicyclic) bond motifs is 1. The van der Waals surface area contributed by atoms with Crippen LogP contribution < -0.4 is 0 Å². The highest BCUT2D eigenvalue weighted by Crippen LogP contribution is 2.44. The maximum atomic E-state index is 11.8. The van der Waals surface area contributed by atoms with E-state index in [1.54, 1.807) is 6.08 Å². The van der Waals surface area contributed by atoms with Crippen LogP contribution in [0.4, 0.5) is 0 Å². The number of hydrogen-bond acceptors (Lipinski definition) is 5. The van der Waals surface area contributed by atoms with Gasteiger partial charge >= 0.3 is 5.97 Å². The number of carboxylic acids is 1. The molecule has 1 amide bonds. The summed E-state index contributed by atoms with van der Waals surface area (Å²) >= 11 is 1.30. The summed E-state index contributed by atoms with van der Waals surface area (Å²) in [5, 5.41) is 20.0. The van der Waals surface area contributed by atoms with E-state index in [0.29, 0.717) is 11.3 Å². The van der Waals surface area contributed by atoms with Crippen molar-refractivity contribution in [2.45, 2.75) is 5.37 Å². The SMILES string of the molecule is O=C(O)C1=CS[C@@H]2/C(=C/c3cn[nH]n3)C(=O)N12.